The van der Waals surface area contributed by atoms with Crippen LogP contribution in [0.25, 0.3) is 0 Å². The molecule has 14 heavy (non-hydrogen) atoms. The van der Waals surface area contributed by atoms with Crippen molar-refractivity contribution in [2.75, 3.05) is 12.4 Å². The molecule has 1 aromatic rings. The highest BCUT2D eigenvalue weighted by Gasteiger charge is 1.96. The van der Waals surface area contributed by atoms with Gasteiger partial charge in [0, 0.05) is 19.2 Å². The summed E-state index contributed by atoms with van der Waals surface area (Å²) in [4.78, 5) is 0. The number of hydrazone groups is 1. The van der Waals surface area contributed by atoms with Gasteiger partial charge in [-0.1, -0.05) is 12.1 Å². The summed E-state index contributed by atoms with van der Waals surface area (Å²) in [5.41, 5.74) is 9.91. The zero-order valence-electron chi connectivity index (χ0n) is 8.12. The third-order valence-corrected chi connectivity index (χ3v) is 1.84. The van der Waals surface area contributed by atoms with Gasteiger partial charge >= 0.3 is 0 Å². The van der Waals surface area contributed by atoms with Crippen LogP contribution in [0.2, 0.25) is 0 Å². The Morgan fingerprint density at radius 1 is 1.36 bits per heavy atom. The number of nitrogens with two attached hydrogens (primary N) is 2. The molecule has 1 rings (SSSR count). The Morgan fingerprint density at radius 3 is 2.50 bits per heavy atom. The van der Waals surface area contributed by atoms with Crippen molar-refractivity contribution in [2.45, 2.75) is 6.42 Å². The Bertz CT molecular complexity index is 303. The van der Waals surface area contributed by atoms with Gasteiger partial charge in [-0.3, -0.25) is 0 Å². The molecule has 0 fully saturated rings. The Morgan fingerprint density at radius 2 is 2.00 bits per heavy atom. The number of nitrogens with one attached hydrogen (secondary N) is 2. The molecule has 0 aliphatic carbocycles. The number of hydrogen-bond donors (Lipinski definition) is 4. The number of hydrazine groups is 1. The second-order valence-corrected chi connectivity index (χ2v) is 2.86. The topological polar surface area (TPSA) is 88.5 Å². The van der Waals surface area contributed by atoms with E-state index in [9.17, 15) is 0 Å². The lowest BCUT2D eigenvalue weighted by Crippen LogP contribution is -2.23. The summed E-state index contributed by atoms with van der Waals surface area (Å²) < 4.78 is 0. The second-order valence-electron chi connectivity index (χ2n) is 2.86. The molecule has 76 valence electrons. The molecule has 0 aliphatic heterocycles. The van der Waals surface area contributed by atoms with Crippen LogP contribution in [-0.2, 0) is 6.42 Å². The largest absolute Gasteiger partial charge is 0.388 e. The minimum atomic E-state index is 0.463. The van der Waals surface area contributed by atoms with Gasteiger partial charge in [-0.25, -0.2) is 11.4 Å². The molecule has 0 unspecified atom stereocenters. The molecule has 0 bridgehead atoms. The lowest BCUT2D eigenvalue weighted by Gasteiger charge is -2.03. The Balaban J connectivity index is 2.64. The highest BCUT2D eigenvalue weighted by atomic mass is 15.5. The Kier molecular flexibility index (Phi) is 3.75. The van der Waals surface area contributed by atoms with Crippen LogP contribution in [-0.4, -0.2) is 12.9 Å². The van der Waals surface area contributed by atoms with Gasteiger partial charge in [-0.15, -0.1) is 0 Å². The van der Waals surface area contributed by atoms with Crippen LogP contribution >= 0.6 is 0 Å². The number of amidine groups is 1. The zero-order valence-corrected chi connectivity index (χ0v) is 8.12. The molecular weight excluding hydrogens is 178 g/mol. The summed E-state index contributed by atoms with van der Waals surface area (Å²) in [7, 11) is 1.88. The van der Waals surface area contributed by atoms with E-state index in [4.69, 9.17) is 11.6 Å². The fourth-order valence-electron chi connectivity index (χ4n) is 1.12. The monoisotopic (exact) mass is 193 g/mol. The summed E-state index contributed by atoms with van der Waals surface area (Å²) in [5, 5.41) is 6.71. The fraction of sp³-hybridized carbons (Fsp3) is 0.222. The van der Waals surface area contributed by atoms with Crippen LogP contribution in [0.4, 0.5) is 5.69 Å². The number of nitrogens with zero attached hydrogens (tertiary/aromatic N) is 1. The van der Waals surface area contributed by atoms with E-state index in [1.165, 1.54) is 0 Å². The fourth-order valence-corrected chi connectivity index (χ4v) is 1.12. The van der Waals surface area contributed by atoms with Gasteiger partial charge in [0.2, 0.25) is 0 Å². The molecule has 5 heteroatoms. The first kappa shape index (κ1) is 10.3. The average Bonchev–Trinajstić information content (AvgIpc) is 2.19. The van der Waals surface area contributed by atoms with Crippen LogP contribution in [0, 0.1) is 0 Å². The molecule has 0 saturated heterocycles. The summed E-state index contributed by atoms with van der Waals surface area (Å²) in [5.74, 6) is 5.46. The molecule has 0 aliphatic rings. The van der Waals surface area contributed by atoms with Crippen LogP contribution < -0.4 is 22.4 Å². The summed E-state index contributed by atoms with van der Waals surface area (Å²) in [6.45, 7) is 0. The standard InChI is InChI=1S/C9H15N5/c1-12-8-4-2-7(3-5-8)6-9(10)13-14-11/h2-5,12,14H,6,11H2,1H3,(H2,10,13). The lowest BCUT2D eigenvalue weighted by atomic mass is 10.1. The van der Waals surface area contributed by atoms with E-state index in [0.717, 1.165) is 11.3 Å². The lowest BCUT2D eigenvalue weighted by molar-refractivity contribution is 0.799. The molecule has 0 radical (unpaired) electrons. The highest BCUT2D eigenvalue weighted by molar-refractivity contribution is 5.82. The molecule has 5 nitrogen and oxygen atoms in total. The SMILES string of the molecule is CNc1ccc(C/C(N)=N/NN)cc1. The van der Waals surface area contributed by atoms with E-state index in [1.807, 2.05) is 31.3 Å². The molecule has 0 spiro atoms. The predicted octanol–water partition coefficient (Wildman–Crippen LogP) is 0.00630. The maximum atomic E-state index is 5.58. The van der Waals surface area contributed by atoms with E-state index in [0.29, 0.717) is 12.3 Å². The van der Waals surface area contributed by atoms with Gasteiger partial charge in [-0.2, -0.15) is 5.10 Å². The van der Waals surface area contributed by atoms with Crippen molar-refractivity contribution >= 4 is 11.5 Å². The van der Waals surface area contributed by atoms with Crippen LogP contribution in [0.3, 0.4) is 0 Å². The van der Waals surface area contributed by atoms with E-state index in [1.54, 1.807) is 0 Å². The van der Waals surface area contributed by atoms with E-state index < -0.39 is 0 Å². The van der Waals surface area contributed by atoms with Gasteiger partial charge < -0.3 is 11.1 Å². The third kappa shape index (κ3) is 2.95. The zero-order chi connectivity index (χ0) is 10.4. The second kappa shape index (κ2) is 5.08. The molecule has 0 aromatic heterocycles. The molecule has 1 aromatic carbocycles. The molecule has 0 heterocycles. The van der Waals surface area contributed by atoms with Crippen LogP contribution in [0.1, 0.15) is 5.56 Å². The van der Waals surface area contributed by atoms with Gasteiger partial charge in [0.05, 0.1) is 0 Å². The number of benzene rings is 1. The Hall–Kier alpha value is -1.75. The molecule has 6 N–H and O–H groups in total. The van der Waals surface area contributed by atoms with Gasteiger partial charge in [-0.05, 0) is 17.7 Å². The average molecular weight is 193 g/mol. The number of rotatable bonds is 4. The first-order chi connectivity index (χ1) is 6.76. The number of anilines is 1. The molecule has 0 saturated carbocycles. The maximum absolute atomic E-state index is 5.58. The quantitative estimate of drug-likeness (QED) is 0.235. The van der Waals surface area contributed by atoms with Crippen molar-refractivity contribution in [3.63, 3.8) is 0 Å². The summed E-state index contributed by atoms with van der Waals surface area (Å²) in [6, 6.07) is 7.95. The van der Waals surface area contributed by atoms with Crippen molar-refractivity contribution in [1.82, 2.24) is 5.53 Å². The Labute approximate surface area is 83.1 Å². The van der Waals surface area contributed by atoms with Crippen molar-refractivity contribution in [1.29, 1.82) is 0 Å². The van der Waals surface area contributed by atoms with Gasteiger partial charge in [0.25, 0.3) is 0 Å². The highest BCUT2D eigenvalue weighted by Crippen LogP contribution is 2.08. The van der Waals surface area contributed by atoms with E-state index in [2.05, 4.69) is 16.0 Å². The first-order valence-electron chi connectivity index (χ1n) is 4.30. The van der Waals surface area contributed by atoms with Crippen LogP contribution in [0.15, 0.2) is 29.4 Å². The minimum Gasteiger partial charge on any atom is -0.388 e. The third-order valence-electron chi connectivity index (χ3n) is 1.84. The first-order valence-corrected chi connectivity index (χ1v) is 4.30. The smallest absolute Gasteiger partial charge is 0.125 e. The van der Waals surface area contributed by atoms with Crippen molar-refractivity contribution in [3.8, 4) is 0 Å². The molecular formula is C9H15N5. The van der Waals surface area contributed by atoms with Gasteiger partial charge in [0.1, 0.15) is 5.84 Å². The van der Waals surface area contributed by atoms with E-state index in [-0.39, 0.29) is 0 Å². The predicted molar refractivity (Wildman–Crippen MR) is 58.6 cm³/mol. The summed E-state index contributed by atoms with van der Waals surface area (Å²) >= 11 is 0. The maximum Gasteiger partial charge on any atom is 0.125 e. The minimum absolute atomic E-state index is 0.463. The molecule has 0 atom stereocenters. The van der Waals surface area contributed by atoms with Gasteiger partial charge in [0.15, 0.2) is 0 Å². The van der Waals surface area contributed by atoms with Crippen molar-refractivity contribution in [3.05, 3.63) is 29.8 Å². The van der Waals surface area contributed by atoms with E-state index >= 15 is 0 Å². The normalized spacial score (nSPS) is 11.1. The molecule has 0 amide bonds. The van der Waals surface area contributed by atoms with Crippen molar-refractivity contribution in [2.24, 2.45) is 16.7 Å². The van der Waals surface area contributed by atoms with Crippen LogP contribution in [0.5, 0.6) is 0 Å². The number of hydrogen-bond acceptors (Lipinski definition) is 4. The summed E-state index contributed by atoms with van der Waals surface area (Å²) in [6.07, 6.45) is 0.591. The van der Waals surface area contributed by atoms with Crippen molar-refractivity contribution < 1.29 is 0 Å².